The van der Waals surface area contributed by atoms with Gasteiger partial charge in [-0.05, 0) is 18.7 Å². The molecule has 0 bridgehead atoms. The number of rotatable bonds is 4. The summed E-state index contributed by atoms with van der Waals surface area (Å²) in [4.78, 5) is 4.28. The molecular weight excluding hydrogens is 252 g/mol. The minimum absolute atomic E-state index is 0.00620. The quantitative estimate of drug-likeness (QED) is 0.926. The molecule has 4 nitrogen and oxygen atoms in total. The number of fused-ring (bicyclic) bond motifs is 1. The molecule has 0 spiro atoms. The van der Waals surface area contributed by atoms with Gasteiger partial charge in [0.25, 0.3) is 0 Å². The van der Waals surface area contributed by atoms with Gasteiger partial charge < -0.3 is 14.8 Å². The van der Waals surface area contributed by atoms with Gasteiger partial charge in [0.1, 0.15) is 5.75 Å². The summed E-state index contributed by atoms with van der Waals surface area (Å²) >= 11 is 0. The third-order valence-corrected chi connectivity index (χ3v) is 3.65. The number of methoxy groups -OCH3 is 1. The fourth-order valence-electron chi connectivity index (χ4n) is 2.74. The van der Waals surface area contributed by atoms with E-state index in [9.17, 15) is 0 Å². The maximum atomic E-state index is 5.81. The molecular formula is C16H18N2O2. The van der Waals surface area contributed by atoms with E-state index >= 15 is 0 Å². The van der Waals surface area contributed by atoms with Crippen LogP contribution < -0.4 is 14.8 Å². The summed E-state index contributed by atoms with van der Waals surface area (Å²) < 4.78 is 11.2. The Morgan fingerprint density at radius 2 is 2.10 bits per heavy atom. The molecule has 1 aliphatic heterocycles. The van der Waals surface area contributed by atoms with Crippen LogP contribution in [-0.2, 0) is 6.42 Å². The monoisotopic (exact) mass is 270 g/mol. The van der Waals surface area contributed by atoms with E-state index in [0.29, 0.717) is 5.88 Å². The van der Waals surface area contributed by atoms with Crippen LogP contribution >= 0.6 is 0 Å². The number of para-hydroxylation sites is 1. The van der Waals surface area contributed by atoms with E-state index < -0.39 is 0 Å². The topological polar surface area (TPSA) is 43.4 Å². The smallest absolute Gasteiger partial charge is 0.218 e. The molecule has 0 saturated carbocycles. The fraction of sp³-hybridized carbons (Fsp3) is 0.312. The summed E-state index contributed by atoms with van der Waals surface area (Å²) in [6.45, 7) is 0.757. The largest absolute Gasteiger partial charge is 0.493 e. The normalized spacial score (nSPS) is 14.5. The Balaban J connectivity index is 2.09. The minimum Gasteiger partial charge on any atom is -0.493 e. The highest BCUT2D eigenvalue weighted by atomic mass is 16.5. The van der Waals surface area contributed by atoms with Crippen molar-refractivity contribution in [3.8, 4) is 11.6 Å². The van der Waals surface area contributed by atoms with Crippen LogP contribution in [0.15, 0.2) is 36.5 Å². The second-order valence-electron chi connectivity index (χ2n) is 4.76. The first-order valence-corrected chi connectivity index (χ1v) is 6.76. The molecule has 3 rings (SSSR count). The zero-order valence-electron chi connectivity index (χ0n) is 11.7. The summed E-state index contributed by atoms with van der Waals surface area (Å²) in [5, 5.41) is 3.34. The van der Waals surface area contributed by atoms with Gasteiger partial charge in [-0.25, -0.2) is 4.98 Å². The van der Waals surface area contributed by atoms with E-state index in [1.807, 2.05) is 19.2 Å². The van der Waals surface area contributed by atoms with Crippen molar-refractivity contribution in [2.45, 2.75) is 12.5 Å². The van der Waals surface area contributed by atoms with Gasteiger partial charge in [0.2, 0.25) is 5.88 Å². The van der Waals surface area contributed by atoms with Crippen LogP contribution in [0.5, 0.6) is 11.6 Å². The average molecular weight is 270 g/mol. The number of hydrogen-bond acceptors (Lipinski definition) is 4. The lowest BCUT2D eigenvalue weighted by molar-refractivity contribution is 0.349. The lowest BCUT2D eigenvalue weighted by atomic mass is 9.96. The van der Waals surface area contributed by atoms with Crippen molar-refractivity contribution >= 4 is 0 Å². The van der Waals surface area contributed by atoms with Gasteiger partial charge in [-0.3, -0.25) is 0 Å². The molecule has 1 atom stereocenters. The first kappa shape index (κ1) is 12.9. The molecule has 1 aromatic carbocycles. The minimum atomic E-state index is 0.00620. The van der Waals surface area contributed by atoms with Crippen molar-refractivity contribution in [3.05, 3.63) is 53.2 Å². The zero-order valence-corrected chi connectivity index (χ0v) is 11.7. The molecule has 2 heterocycles. The number of nitrogens with one attached hydrogen (secondary N) is 1. The van der Waals surface area contributed by atoms with Crippen molar-refractivity contribution in [2.24, 2.45) is 0 Å². The standard InChI is InChI=1S/C16H18N2O2/c1-17-14(13-7-4-9-18-16(13)19-2)12-6-3-5-11-8-10-20-15(11)12/h3-7,9,14,17H,8,10H2,1-2H3. The highest BCUT2D eigenvalue weighted by Crippen LogP contribution is 2.37. The van der Waals surface area contributed by atoms with Gasteiger partial charge in [-0.15, -0.1) is 0 Å². The van der Waals surface area contributed by atoms with E-state index in [4.69, 9.17) is 9.47 Å². The zero-order chi connectivity index (χ0) is 13.9. The third-order valence-electron chi connectivity index (χ3n) is 3.65. The number of ether oxygens (including phenoxy) is 2. The third kappa shape index (κ3) is 2.12. The molecule has 1 aromatic heterocycles. The summed E-state index contributed by atoms with van der Waals surface area (Å²) in [5.74, 6) is 1.64. The fourth-order valence-corrected chi connectivity index (χ4v) is 2.74. The van der Waals surface area contributed by atoms with Crippen molar-refractivity contribution in [1.29, 1.82) is 0 Å². The molecule has 0 radical (unpaired) electrons. The molecule has 1 unspecified atom stereocenters. The molecule has 104 valence electrons. The van der Waals surface area contributed by atoms with E-state index in [0.717, 1.165) is 29.9 Å². The van der Waals surface area contributed by atoms with Crippen LogP contribution in [0, 0.1) is 0 Å². The van der Waals surface area contributed by atoms with Gasteiger partial charge in [0.05, 0.1) is 19.8 Å². The van der Waals surface area contributed by atoms with Crippen LogP contribution in [0.1, 0.15) is 22.7 Å². The second kappa shape index (κ2) is 5.51. The highest BCUT2D eigenvalue weighted by Gasteiger charge is 2.24. The predicted molar refractivity (Wildman–Crippen MR) is 77.3 cm³/mol. The number of aromatic nitrogens is 1. The molecule has 20 heavy (non-hydrogen) atoms. The molecule has 2 aromatic rings. The van der Waals surface area contributed by atoms with Crippen molar-refractivity contribution in [1.82, 2.24) is 10.3 Å². The van der Waals surface area contributed by atoms with E-state index in [1.54, 1.807) is 13.3 Å². The van der Waals surface area contributed by atoms with Gasteiger partial charge >= 0.3 is 0 Å². The first-order valence-electron chi connectivity index (χ1n) is 6.76. The lowest BCUT2D eigenvalue weighted by Crippen LogP contribution is -2.19. The second-order valence-corrected chi connectivity index (χ2v) is 4.76. The number of hydrogen-bond donors (Lipinski definition) is 1. The highest BCUT2D eigenvalue weighted by molar-refractivity contribution is 5.50. The summed E-state index contributed by atoms with van der Waals surface area (Å²) in [7, 11) is 3.58. The maximum absolute atomic E-state index is 5.81. The Labute approximate surface area is 118 Å². The van der Waals surface area contributed by atoms with Gasteiger partial charge in [-0.2, -0.15) is 0 Å². The van der Waals surface area contributed by atoms with E-state index in [2.05, 4.69) is 28.5 Å². The van der Waals surface area contributed by atoms with Crippen molar-refractivity contribution in [2.75, 3.05) is 20.8 Å². The molecule has 1 aliphatic rings. The van der Waals surface area contributed by atoms with Crippen molar-refractivity contribution in [3.63, 3.8) is 0 Å². The molecule has 1 N–H and O–H groups in total. The Hall–Kier alpha value is -2.07. The lowest BCUT2D eigenvalue weighted by Gasteiger charge is -2.21. The molecule has 0 amide bonds. The van der Waals surface area contributed by atoms with Crippen LogP contribution in [0.4, 0.5) is 0 Å². The summed E-state index contributed by atoms with van der Waals surface area (Å²) in [6.07, 6.45) is 2.71. The van der Waals surface area contributed by atoms with Gasteiger partial charge in [0, 0.05) is 23.7 Å². The molecule has 0 fully saturated rings. The first-order chi connectivity index (χ1) is 9.85. The van der Waals surface area contributed by atoms with Crippen molar-refractivity contribution < 1.29 is 9.47 Å². The molecule has 0 saturated heterocycles. The number of benzene rings is 1. The maximum Gasteiger partial charge on any atom is 0.218 e. The SMILES string of the molecule is CNC(c1cccnc1OC)c1cccc2c1OCC2. The van der Waals surface area contributed by atoms with E-state index in [-0.39, 0.29) is 6.04 Å². The summed E-state index contributed by atoms with van der Waals surface area (Å²) in [6, 6.07) is 10.3. The Morgan fingerprint density at radius 1 is 1.25 bits per heavy atom. The number of pyridine rings is 1. The van der Waals surface area contributed by atoms with E-state index in [1.165, 1.54) is 5.56 Å². The van der Waals surface area contributed by atoms with Crippen LogP contribution in [0.3, 0.4) is 0 Å². The number of nitrogens with zero attached hydrogens (tertiary/aromatic N) is 1. The van der Waals surface area contributed by atoms with Crippen LogP contribution in [0.2, 0.25) is 0 Å². The Bertz CT molecular complexity index is 613. The molecule has 0 aliphatic carbocycles. The van der Waals surface area contributed by atoms with Gasteiger partial charge in [0.15, 0.2) is 0 Å². The Kier molecular flexibility index (Phi) is 3.56. The average Bonchev–Trinajstić information content (AvgIpc) is 2.98. The Morgan fingerprint density at radius 3 is 2.90 bits per heavy atom. The van der Waals surface area contributed by atoms with Gasteiger partial charge in [-0.1, -0.05) is 24.3 Å². The van der Waals surface area contributed by atoms with Crippen LogP contribution in [-0.4, -0.2) is 25.7 Å². The molecule has 4 heteroatoms. The predicted octanol–water partition coefficient (Wildman–Crippen LogP) is 2.33. The summed E-state index contributed by atoms with van der Waals surface area (Å²) in [5.41, 5.74) is 3.42. The van der Waals surface area contributed by atoms with Crippen LogP contribution in [0.25, 0.3) is 0 Å².